The van der Waals surface area contributed by atoms with Gasteiger partial charge in [-0.3, -0.25) is 9.59 Å². The molecule has 2 atom stereocenters. The van der Waals surface area contributed by atoms with Gasteiger partial charge >= 0.3 is 0 Å². The molecule has 4 aliphatic rings. The second kappa shape index (κ2) is 7.58. The fraction of sp³-hybridized carbons (Fsp3) is 0.889. The molecule has 0 aromatic rings. The number of fused-ring (bicyclic) bond motifs is 2. The van der Waals surface area contributed by atoms with E-state index in [2.05, 4.69) is 16.7 Å². The van der Waals surface area contributed by atoms with Gasteiger partial charge in [0, 0.05) is 24.9 Å². The van der Waals surface area contributed by atoms with E-state index in [0.717, 1.165) is 52.0 Å². The summed E-state index contributed by atoms with van der Waals surface area (Å²) in [5, 5.41) is 0. The molecular weight excluding hydrogens is 276 g/mol. The van der Waals surface area contributed by atoms with Crippen molar-refractivity contribution in [1.82, 2.24) is 9.80 Å². The number of rotatable bonds is 3. The minimum absolute atomic E-state index is 0.228. The third-order valence-corrected chi connectivity index (χ3v) is 5.70. The van der Waals surface area contributed by atoms with E-state index in [0.29, 0.717) is 23.5 Å². The van der Waals surface area contributed by atoms with Crippen LogP contribution in [0.1, 0.15) is 47.0 Å². The van der Waals surface area contributed by atoms with E-state index in [1.807, 2.05) is 13.8 Å². The maximum absolute atomic E-state index is 12.6. The second-order valence-corrected chi connectivity index (χ2v) is 6.84. The fourth-order valence-corrected chi connectivity index (χ4v) is 4.49. The molecule has 1 amide bonds. The van der Waals surface area contributed by atoms with Crippen LogP contribution in [0.2, 0.25) is 0 Å². The molecule has 3 heterocycles. The number of amides is 1. The van der Waals surface area contributed by atoms with Crippen LogP contribution in [0.3, 0.4) is 0 Å². The average molecular weight is 308 g/mol. The van der Waals surface area contributed by atoms with Gasteiger partial charge in [0.05, 0.1) is 0 Å². The van der Waals surface area contributed by atoms with Crippen LogP contribution in [0.4, 0.5) is 0 Å². The number of hydrogen-bond donors (Lipinski definition) is 0. The van der Waals surface area contributed by atoms with E-state index in [1.165, 1.54) is 0 Å². The number of hydrogen-bond acceptors (Lipinski definition) is 3. The summed E-state index contributed by atoms with van der Waals surface area (Å²) in [6.07, 6.45) is 3.17. The van der Waals surface area contributed by atoms with Crippen molar-refractivity contribution in [2.24, 2.45) is 23.7 Å². The lowest BCUT2D eigenvalue weighted by atomic mass is 9.60. The highest BCUT2D eigenvalue weighted by Crippen LogP contribution is 2.46. The predicted octanol–water partition coefficient (Wildman–Crippen LogP) is 2.43. The molecule has 0 spiro atoms. The number of carbonyl (C=O) groups excluding carboxylic acids is 2. The third kappa shape index (κ3) is 3.37. The molecule has 3 aliphatic heterocycles. The summed E-state index contributed by atoms with van der Waals surface area (Å²) in [5.41, 5.74) is 0. The summed E-state index contributed by atoms with van der Waals surface area (Å²) in [5.74, 6) is 2.07. The number of Topliss-reactive ketones (excluding diaryl/α,β-unsaturated/α-hetero) is 1. The first kappa shape index (κ1) is 17.5. The molecule has 1 aliphatic carbocycles. The van der Waals surface area contributed by atoms with Crippen LogP contribution in [-0.4, -0.2) is 54.2 Å². The van der Waals surface area contributed by atoms with E-state index < -0.39 is 0 Å². The van der Waals surface area contributed by atoms with Gasteiger partial charge in [-0.25, -0.2) is 0 Å². The summed E-state index contributed by atoms with van der Waals surface area (Å²) in [7, 11) is 0. The summed E-state index contributed by atoms with van der Waals surface area (Å²) in [6.45, 7) is 12.8. The highest BCUT2D eigenvalue weighted by Gasteiger charge is 2.50. The molecule has 1 saturated carbocycles. The molecule has 0 aromatic carbocycles. The van der Waals surface area contributed by atoms with E-state index in [4.69, 9.17) is 0 Å². The van der Waals surface area contributed by atoms with Crippen molar-refractivity contribution < 1.29 is 9.59 Å². The van der Waals surface area contributed by atoms with Gasteiger partial charge in [-0.1, -0.05) is 20.8 Å². The van der Waals surface area contributed by atoms with Gasteiger partial charge in [-0.05, 0) is 57.7 Å². The van der Waals surface area contributed by atoms with Crippen molar-refractivity contribution in [3.05, 3.63) is 0 Å². The Labute approximate surface area is 135 Å². The van der Waals surface area contributed by atoms with Gasteiger partial charge in [0.1, 0.15) is 5.78 Å². The van der Waals surface area contributed by atoms with Crippen molar-refractivity contribution in [1.29, 1.82) is 0 Å². The predicted molar refractivity (Wildman–Crippen MR) is 88.5 cm³/mol. The Bertz CT molecular complexity index is 390. The molecule has 3 saturated heterocycles. The first-order valence-corrected chi connectivity index (χ1v) is 9.11. The lowest BCUT2D eigenvalue weighted by Gasteiger charge is -2.53. The van der Waals surface area contributed by atoms with Gasteiger partial charge in [0.25, 0.3) is 0 Å². The molecule has 22 heavy (non-hydrogen) atoms. The van der Waals surface area contributed by atoms with Crippen molar-refractivity contribution in [2.45, 2.75) is 47.0 Å². The normalized spacial score (nSPS) is 31.8. The smallest absolute Gasteiger partial charge is 0.225 e. The number of ketones is 1. The Kier molecular flexibility index (Phi) is 6.01. The van der Waals surface area contributed by atoms with E-state index in [9.17, 15) is 9.59 Å². The maximum atomic E-state index is 12.6. The largest absolute Gasteiger partial charge is 0.342 e. The molecule has 2 bridgehead atoms. The highest BCUT2D eigenvalue weighted by atomic mass is 16.2. The van der Waals surface area contributed by atoms with Gasteiger partial charge in [0.2, 0.25) is 5.91 Å². The second-order valence-electron chi connectivity index (χ2n) is 6.84. The van der Waals surface area contributed by atoms with E-state index in [-0.39, 0.29) is 11.8 Å². The summed E-state index contributed by atoms with van der Waals surface area (Å²) < 4.78 is 0. The van der Waals surface area contributed by atoms with Crippen LogP contribution in [0.15, 0.2) is 0 Å². The number of piperidine rings is 3. The van der Waals surface area contributed by atoms with Crippen LogP contribution < -0.4 is 0 Å². The quantitative estimate of drug-likeness (QED) is 0.804. The van der Waals surface area contributed by atoms with Crippen molar-refractivity contribution >= 4 is 11.7 Å². The number of likely N-dealkylation sites (tertiary alicyclic amines) is 1. The molecule has 0 aromatic heterocycles. The fourth-order valence-electron chi connectivity index (χ4n) is 4.49. The molecule has 4 heteroatoms. The third-order valence-electron chi connectivity index (χ3n) is 5.70. The van der Waals surface area contributed by atoms with E-state index >= 15 is 0 Å². The number of nitrogens with zero attached hydrogens (tertiary/aromatic N) is 2. The minimum atomic E-state index is 0.228. The van der Waals surface area contributed by atoms with Crippen LogP contribution in [0.5, 0.6) is 0 Å². The monoisotopic (exact) mass is 308 g/mol. The zero-order chi connectivity index (χ0) is 16.3. The minimum Gasteiger partial charge on any atom is -0.342 e. The number of carbonyl (C=O) groups is 2. The maximum Gasteiger partial charge on any atom is 0.225 e. The molecule has 0 radical (unpaired) electrons. The van der Waals surface area contributed by atoms with Gasteiger partial charge < -0.3 is 9.80 Å². The van der Waals surface area contributed by atoms with Crippen molar-refractivity contribution in [2.75, 3.05) is 32.7 Å². The molecule has 4 rings (SSSR count). The Morgan fingerprint density at radius 2 is 1.59 bits per heavy atom. The van der Waals surface area contributed by atoms with Crippen LogP contribution in [-0.2, 0) is 9.59 Å². The molecule has 4 fully saturated rings. The molecule has 4 nitrogen and oxygen atoms in total. The standard InChI is InChI=1S/C16H26N2O2.C2H6/c1-3-17-6-4-12(5-7-17)16(20)18-9-13-8-14(10-18)15(13)11(2)19;1-2/h12-15H,3-10H2,1-2H3;1-2H3. The Hall–Kier alpha value is -0.900. The van der Waals surface area contributed by atoms with Crippen LogP contribution in [0, 0.1) is 23.7 Å². The zero-order valence-electron chi connectivity index (χ0n) is 14.7. The topological polar surface area (TPSA) is 40.6 Å². The van der Waals surface area contributed by atoms with Crippen LogP contribution >= 0.6 is 0 Å². The van der Waals surface area contributed by atoms with Crippen molar-refractivity contribution in [3.63, 3.8) is 0 Å². The Morgan fingerprint density at radius 3 is 2.05 bits per heavy atom. The lowest BCUT2D eigenvalue weighted by molar-refractivity contribution is -0.153. The average Bonchev–Trinajstić information content (AvgIpc) is 2.55. The zero-order valence-corrected chi connectivity index (χ0v) is 14.7. The lowest BCUT2D eigenvalue weighted by Crippen LogP contribution is -2.59. The Morgan fingerprint density at radius 1 is 1.05 bits per heavy atom. The molecule has 0 N–H and O–H groups in total. The highest BCUT2D eigenvalue weighted by molar-refractivity contribution is 5.82. The first-order valence-electron chi connectivity index (χ1n) is 9.11. The Balaban J connectivity index is 0.000000847. The first-order chi connectivity index (χ1) is 10.6. The SMILES string of the molecule is CC.CCN1CCC(C(=O)N2CC3CC(C2)C3C(C)=O)CC1. The van der Waals surface area contributed by atoms with Gasteiger partial charge in [0.15, 0.2) is 0 Å². The summed E-state index contributed by atoms with van der Waals surface area (Å²) in [6, 6.07) is 0. The molecule has 126 valence electrons. The van der Waals surface area contributed by atoms with Crippen LogP contribution in [0.25, 0.3) is 0 Å². The van der Waals surface area contributed by atoms with Crippen molar-refractivity contribution in [3.8, 4) is 0 Å². The molecular formula is C18H32N2O2. The molecule has 2 unspecified atom stereocenters. The summed E-state index contributed by atoms with van der Waals surface area (Å²) >= 11 is 0. The van der Waals surface area contributed by atoms with Gasteiger partial charge in [-0.15, -0.1) is 0 Å². The van der Waals surface area contributed by atoms with E-state index in [1.54, 1.807) is 6.92 Å². The van der Waals surface area contributed by atoms with Gasteiger partial charge in [-0.2, -0.15) is 0 Å². The summed E-state index contributed by atoms with van der Waals surface area (Å²) in [4.78, 5) is 28.7.